The summed E-state index contributed by atoms with van der Waals surface area (Å²) in [5.74, 6) is -0.117. The minimum Gasteiger partial charge on any atom is -0.302 e. The average Bonchev–Trinajstić information content (AvgIpc) is 3.23. The Hall–Kier alpha value is -2.46. The first-order chi connectivity index (χ1) is 11.7. The molecular weight excluding hydrogens is 316 g/mol. The summed E-state index contributed by atoms with van der Waals surface area (Å²) in [5, 5.41) is 5.52. The summed E-state index contributed by atoms with van der Waals surface area (Å²) in [6.07, 6.45) is 2.46. The predicted molar refractivity (Wildman–Crippen MR) is 97.3 cm³/mol. The molecule has 3 aromatic rings. The van der Waals surface area contributed by atoms with Gasteiger partial charge in [0.2, 0.25) is 5.91 Å². The van der Waals surface area contributed by atoms with Crippen LogP contribution in [-0.4, -0.2) is 10.9 Å². The predicted octanol–water partition coefficient (Wildman–Crippen LogP) is 4.26. The number of anilines is 1. The van der Waals surface area contributed by atoms with E-state index < -0.39 is 0 Å². The van der Waals surface area contributed by atoms with Gasteiger partial charge >= 0.3 is 0 Å². The molecule has 0 saturated carbocycles. The molecule has 4 rings (SSSR count). The molecule has 0 unspecified atom stereocenters. The van der Waals surface area contributed by atoms with Gasteiger partial charge in [-0.05, 0) is 23.1 Å². The molecule has 24 heavy (non-hydrogen) atoms. The monoisotopic (exact) mass is 334 g/mol. The summed E-state index contributed by atoms with van der Waals surface area (Å²) in [5.41, 5.74) is 3.34. The molecule has 0 bridgehead atoms. The van der Waals surface area contributed by atoms with Gasteiger partial charge in [0.1, 0.15) is 0 Å². The molecule has 1 aliphatic carbocycles. The molecule has 2 aromatic carbocycles. The average molecular weight is 334 g/mol. The maximum atomic E-state index is 13.0. The van der Waals surface area contributed by atoms with Gasteiger partial charge < -0.3 is 5.32 Å². The highest BCUT2D eigenvalue weighted by molar-refractivity contribution is 7.13. The van der Waals surface area contributed by atoms with E-state index in [1.54, 1.807) is 6.20 Å². The Morgan fingerprint density at radius 3 is 2.67 bits per heavy atom. The van der Waals surface area contributed by atoms with Crippen LogP contribution in [0, 0.1) is 5.92 Å². The van der Waals surface area contributed by atoms with Crippen LogP contribution in [0.4, 0.5) is 5.13 Å². The fraction of sp³-hybridized carbons (Fsp3) is 0.200. The molecule has 0 saturated heterocycles. The molecule has 3 nitrogen and oxygen atoms in total. The smallest absolute Gasteiger partial charge is 0.230 e. The number of nitrogens with zero attached hydrogens (tertiary/aromatic N) is 1. The third kappa shape index (κ3) is 2.34. The topological polar surface area (TPSA) is 42.0 Å². The van der Waals surface area contributed by atoms with E-state index in [2.05, 4.69) is 47.6 Å². The summed E-state index contributed by atoms with van der Waals surface area (Å²) in [6.45, 7) is 2.18. The first kappa shape index (κ1) is 15.1. The Labute approximate surface area is 145 Å². The lowest BCUT2D eigenvalue weighted by Crippen LogP contribution is -2.38. The van der Waals surface area contributed by atoms with E-state index in [1.165, 1.54) is 28.0 Å². The van der Waals surface area contributed by atoms with E-state index in [0.717, 1.165) is 6.42 Å². The van der Waals surface area contributed by atoms with Crippen LogP contribution in [0.15, 0.2) is 66.2 Å². The van der Waals surface area contributed by atoms with Crippen LogP contribution >= 0.6 is 11.3 Å². The molecule has 1 aliphatic rings. The largest absolute Gasteiger partial charge is 0.302 e. The molecule has 2 atom stereocenters. The van der Waals surface area contributed by atoms with Crippen LogP contribution in [-0.2, 0) is 16.6 Å². The Kier molecular flexibility index (Phi) is 3.69. The highest BCUT2D eigenvalue weighted by Gasteiger charge is 2.47. The van der Waals surface area contributed by atoms with Crippen molar-refractivity contribution in [3.63, 3.8) is 0 Å². The van der Waals surface area contributed by atoms with Gasteiger partial charge in [-0.1, -0.05) is 61.5 Å². The number of thiazole rings is 1. The maximum absolute atomic E-state index is 13.0. The standard InChI is InChI=1S/C20H18N2OS/c1-20(15-8-3-2-4-9-15)16-10-6-5-7-14(16)13-17(20)18(23)22-19-21-11-12-24-19/h2-12,17H,13H2,1H3,(H,21,22,23)/t17-,20-/m0/s1. The summed E-state index contributed by atoms with van der Waals surface area (Å²) in [4.78, 5) is 17.2. The van der Waals surface area contributed by atoms with E-state index in [9.17, 15) is 4.79 Å². The third-order valence-corrected chi connectivity index (χ3v) is 5.74. The number of carbonyl (C=O) groups is 1. The zero-order valence-corrected chi connectivity index (χ0v) is 14.2. The van der Waals surface area contributed by atoms with Gasteiger partial charge in [-0.15, -0.1) is 11.3 Å². The van der Waals surface area contributed by atoms with Crippen molar-refractivity contribution in [2.75, 3.05) is 5.32 Å². The normalized spacial score (nSPS) is 22.1. The number of aromatic nitrogens is 1. The second-order valence-electron chi connectivity index (χ2n) is 6.31. The summed E-state index contributed by atoms with van der Waals surface area (Å²) >= 11 is 1.45. The number of hydrogen-bond donors (Lipinski definition) is 1. The number of nitrogens with one attached hydrogen (secondary N) is 1. The summed E-state index contributed by atoms with van der Waals surface area (Å²) in [6, 6.07) is 18.7. The molecule has 1 amide bonds. The van der Waals surface area contributed by atoms with Gasteiger partial charge in [0.15, 0.2) is 5.13 Å². The first-order valence-electron chi connectivity index (χ1n) is 8.04. The Balaban J connectivity index is 1.78. The van der Waals surface area contributed by atoms with Crippen LogP contribution in [0.5, 0.6) is 0 Å². The van der Waals surface area contributed by atoms with Crippen LogP contribution in [0.2, 0.25) is 0 Å². The Bertz CT molecular complexity index is 860. The van der Waals surface area contributed by atoms with Crippen molar-refractivity contribution < 1.29 is 4.79 Å². The highest BCUT2D eigenvalue weighted by atomic mass is 32.1. The lowest BCUT2D eigenvalue weighted by atomic mass is 9.71. The van der Waals surface area contributed by atoms with Gasteiger partial charge in [-0.2, -0.15) is 0 Å². The fourth-order valence-electron chi connectivity index (χ4n) is 3.79. The number of fused-ring (bicyclic) bond motifs is 1. The van der Waals surface area contributed by atoms with Crippen molar-refractivity contribution in [1.29, 1.82) is 0 Å². The highest BCUT2D eigenvalue weighted by Crippen LogP contribution is 2.48. The fourth-order valence-corrected chi connectivity index (χ4v) is 4.32. The van der Waals surface area contributed by atoms with Crippen LogP contribution in [0.3, 0.4) is 0 Å². The van der Waals surface area contributed by atoms with Gasteiger partial charge in [0, 0.05) is 17.0 Å². The van der Waals surface area contributed by atoms with Gasteiger partial charge in [0.05, 0.1) is 5.92 Å². The molecule has 4 heteroatoms. The van der Waals surface area contributed by atoms with Crippen LogP contribution < -0.4 is 5.32 Å². The second-order valence-corrected chi connectivity index (χ2v) is 7.20. The van der Waals surface area contributed by atoms with E-state index in [0.29, 0.717) is 5.13 Å². The number of benzene rings is 2. The van der Waals surface area contributed by atoms with E-state index in [4.69, 9.17) is 0 Å². The Morgan fingerprint density at radius 2 is 1.92 bits per heavy atom. The quantitative estimate of drug-likeness (QED) is 0.777. The zero-order valence-electron chi connectivity index (χ0n) is 13.4. The van der Waals surface area contributed by atoms with Crippen molar-refractivity contribution >= 4 is 22.4 Å². The lowest BCUT2D eigenvalue weighted by Gasteiger charge is -2.32. The summed E-state index contributed by atoms with van der Waals surface area (Å²) < 4.78 is 0. The van der Waals surface area contributed by atoms with E-state index in [-0.39, 0.29) is 17.2 Å². The zero-order chi connectivity index (χ0) is 16.6. The number of rotatable bonds is 3. The van der Waals surface area contributed by atoms with Crippen LogP contribution in [0.25, 0.3) is 0 Å². The van der Waals surface area contributed by atoms with Crippen molar-refractivity contribution in [1.82, 2.24) is 4.98 Å². The second kappa shape index (κ2) is 5.87. The minimum atomic E-state index is -0.334. The van der Waals surface area contributed by atoms with Gasteiger partial charge in [0.25, 0.3) is 0 Å². The van der Waals surface area contributed by atoms with Gasteiger partial charge in [-0.3, -0.25) is 4.79 Å². The molecule has 0 radical (unpaired) electrons. The molecule has 0 aliphatic heterocycles. The van der Waals surface area contributed by atoms with Gasteiger partial charge in [-0.25, -0.2) is 4.98 Å². The summed E-state index contributed by atoms with van der Waals surface area (Å²) in [7, 11) is 0. The van der Waals surface area contributed by atoms with E-state index >= 15 is 0 Å². The molecule has 1 aromatic heterocycles. The Morgan fingerprint density at radius 1 is 1.17 bits per heavy atom. The van der Waals surface area contributed by atoms with Crippen LogP contribution in [0.1, 0.15) is 23.6 Å². The lowest BCUT2D eigenvalue weighted by molar-refractivity contribution is -0.121. The molecule has 1 N–H and O–H groups in total. The number of hydrogen-bond acceptors (Lipinski definition) is 3. The number of carbonyl (C=O) groups excluding carboxylic acids is 1. The number of amides is 1. The SMILES string of the molecule is C[C@]1(c2ccccc2)c2ccccc2C[C@H]1C(=O)Nc1nccs1. The van der Waals surface area contributed by atoms with E-state index in [1.807, 2.05) is 29.6 Å². The maximum Gasteiger partial charge on any atom is 0.230 e. The van der Waals surface area contributed by atoms with Crippen molar-refractivity contribution in [2.45, 2.75) is 18.8 Å². The third-order valence-electron chi connectivity index (χ3n) is 5.05. The molecule has 1 heterocycles. The van der Waals surface area contributed by atoms with Crippen molar-refractivity contribution in [2.24, 2.45) is 5.92 Å². The van der Waals surface area contributed by atoms with Crippen molar-refractivity contribution in [3.8, 4) is 0 Å². The minimum absolute atomic E-state index is 0.0347. The molecule has 0 spiro atoms. The molecule has 0 fully saturated rings. The molecule has 120 valence electrons. The first-order valence-corrected chi connectivity index (χ1v) is 8.92. The molecular formula is C20H18N2OS. The van der Waals surface area contributed by atoms with Crippen molar-refractivity contribution in [3.05, 3.63) is 82.9 Å².